The van der Waals surface area contributed by atoms with Crippen molar-refractivity contribution in [2.24, 2.45) is 7.05 Å². The quantitative estimate of drug-likeness (QED) is 0.828. The van der Waals surface area contributed by atoms with Gasteiger partial charge in [-0.1, -0.05) is 0 Å². The zero-order valence-electron chi connectivity index (χ0n) is 11.1. The van der Waals surface area contributed by atoms with Crippen molar-refractivity contribution in [2.75, 3.05) is 10.5 Å². The molecule has 7 heteroatoms. The van der Waals surface area contributed by atoms with Crippen LogP contribution in [0, 0.1) is 6.92 Å². The summed E-state index contributed by atoms with van der Waals surface area (Å²) < 4.78 is 28.3. The molecule has 0 radical (unpaired) electrons. The molecule has 20 heavy (non-hydrogen) atoms. The summed E-state index contributed by atoms with van der Waals surface area (Å²) in [6, 6.07) is 7.30. The molecule has 0 fully saturated rings. The van der Waals surface area contributed by atoms with Gasteiger partial charge in [-0.05, 0) is 36.8 Å². The van der Waals surface area contributed by atoms with Gasteiger partial charge in [0.25, 0.3) is 10.0 Å². The van der Waals surface area contributed by atoms with Crippen molar-refractivity contribution < 1.29 is 8.42 Å². The van der Waals surface area contributed by atoms with E-state index in [-0.39, 0.29) is 10.5 Å². The molecule has 1 aromatic heterocycles. The van der Waals surface area contributed by atoms with E-state index in [9.17, 15) is 13.2 Å². The lowest BCUT2D eigenvalue weighted by atomic mass is 10.2. The minimum absolute atomic E-state index is 0.153. The molecule has 0 atom stereocenters. The first-order valence-corrected chi connectivity index (χ1v) is 7.33. The predicted molar refractivity (Wildman–Crippen MR) is 78.1 cm³/mol. The van der Waals surface area contributed by atoms with E-state index in [0.717, 1.165) is 0 Å². The summed E-state index contributed by atoms with van der Waals surface area (Å²) in [4.78, 5) is 11.4. The maximum atomic E-state index is 12.3. The minimum atomic E-state index is -3.71. The summed E-state index contributed by atoms with van der Waals surface area (Å²) in [6.07, 6.45) is 1.42. The number of anilines is 2. The van der Waals surface area contributed by atoms with Crippen molar-refractivity contribution in [3.05, 3.63) is 52.4 Å². The van der Waals surface area contributed by atoms with Crippen LogP contribution in [-0.4, -0.2) is 13.0 Å². The molecule has 2 rings (SSSR count). The topological polar surface area (TPSA) is 94.2 Å². The molecule has 0 aliphatic rings. The van der Waals surface area contributed by atoms with Crippen LogP contribution in [0.3, 0.4) is 0 Å². The highest BCUT2D eigenvalue weighted by Crippen LogP contribution is 2.20. The summed E-state index contributed by atoms with van der Waals surface area (Å²) in [5.41, 5.74) is 6.78. The smallest absolute Gasteiger partial charge is 0.262 e. The molecule has 6 nitrogen and oxygen atoms in total. The maximum absolute atomic E-state index is 12.3. The predicted octanol–water partition coefficient (Wildman–Crippen LogP) is 1.08. The van der Waals surface area contributed by atoms with Gasteiger partial charge in [0.1, 0.15) is 0 Å². The first-order valence-electron chi connectivity index (χ1n) is 5.85. The zero-order valence-corrected chi connectivity index (χ0v) is 11.9. The Bertz CT molecular complexity index is 810. The largest absolute Gasteiger partial charge is 0.399 e. The van der Waals surface area contributed by atoms with Gasteiger partial charge in [-0.15, -0.1) is 0 Å². The summed E-state index contributed by atoms with van der Waals surface area (Å²) in [5.74, 6) is 0. The monoisotopic (exact) mass is 293 g/mol. The molecule has 0 saturated carbocycles. The third kappa shape index (κ3) is 2.83. The molecule has 0 saturated heterocycles. The Labute approximate surface area is 116 Å². The summed E-state index contributed by atoms with van der Waals surface area (Å²) >= 11 is 0. The Balaban J connectivity index is 2.40. The Morgan fingerprint density at radius 3 is 2.50 bits per heavy atom. The van der Waals surface area contributed by atoms with Crippen LogP contribution in [0.25, 0.3) is 0 Å². The Morgan fingerprint density at radius 2 is 1.90 bits per heavy atom. The average Bonchev–Trinajstić information content (AvgIpc) is 2.33. The van der Waals surface area contributed by atoms with Gasteiger partial charge in [-0.2, -0.15) is 0 Å². The summed E-state index contributed by atoms with van der Waals surface area (Å²) in [7, 11) is -2.16. The van der Waals surface area contributed by atoms with Crippen LogP contribution in [0.5, 0.6) is 0 Å². The van der Waals surface area contributed by atoms with Gasteiger partial charge in [0, 0.05) is 25.0 Å². The van der Waals surface area contributed by atoms with Gasteiger partial charge >= 0.3 is 0 Å². The van der Waals surface area contributed by atoms with Gasteiger partial charge in [0.2, 0.25) is 5.56 Å². The van der Waals surface area contributed by atoms with Gasteiger partial charge in [0.05, 0.1) is 10.6 Å². The molecule has 1 aromatic carbocycles. The highest BCUT2D eigenvalue weighted by Gasteiger charge is 2.17. The van der Waals surface area contributed by atoms with E-state index >= 15 is 0 Å². The standard InChI is InChI=1S/C13H15N3O3S/c1-9-7-10(14)3-5-12(9)20(18,19)15-11-4-6-13(17)16(2)8-11/h3-8,15H,14H2,1-2H3. The molecule has 0 unspecified atom stereocenters. The second-order valence-corrected chi connectivity index (χ2v) is 6.15. The van der Waals surface area contributed by atoms with Crippen LogP contribution in [0.4, 0.5) is 11.4 Å². The second kappa shape index (κ2) is 5.01. The van der Waals surface area contributed by atoms with Crippen LogP contribution in [-0.2, 0) is 17.1 Å². The van der Waals surface area contributed by atoms with Crippen molar-refractivity contribution in [2.45, 2.75) is 11.8 Å². The van der Waals surface area contributed by atoms with Gasteiger partial charge in [-0.25, -0.2) is 8.42 Å². The fraction of sp³-hybridized carbons (Fsp3) is 0.154. The SMILES string of the molecule is Cc1cc(N)ccc1S(=O)(=O)Nc1ccc(=O)n(C)c1. The lowest BCUT2D eigenvalue weighted by molar-refractivity contribution is 0.600. The molecule has 0 aliphatic heterocycles. The molecule has 1 heterocycles. The van der Waals surface area contributed by atoms with E-state index in [2.05, 4.69) is 4.72 Å². The second-order valence-electron chi connectivity index (χ2n) is 4.50. The van der Waals surface area contributed by atoms with Crippen molar-refractivity contribution in [1.82, 2.24) is 4.57 Å². The highest BCUT2D eigenvalue weighted by molar-refractivity contribution is 7.92. The lowest BCUT2D eigenvalue weighted by Crippen LogP contribution is -2.18. The van der Waals surface area contributed by atoms with Gasteiger partial charge in [-0.3, -0.25) is 9.52 Å². The zero-order chi connectivity index (χ0) is 14.9. The third-order valence-electron chi connectivity index (χ3n) is 2.83. The van der Waals surface area contributed by atoms with Crippen LogP contribution >= 0.6 is 0 Å². The fourth-order valence-electron chi connectivity index (χ4n) is 1.84. The Morgan fingerprint density at radius 1 is 1.20 bits per heavy atom. The number of rotatable bonds is 3. The van der Waals surface area contributed by atoms with E-state index in [4.69, 9.17) is 5.73 Å². The average molecular weight is 293 g/mol. The first-order chi connectivity index (χ1) is 9.29. The number of pyridine rings is 1. The number of nitrogen functional groups attached to an aromatic ring is 1. The number of benzene rings is 1. The van der Waals surface area contributed by atoms with Gasteiger partial charge < -0.3 is 10.3 Å². The van der Waals surface area contributed by atoms with E-state index in [0.29, 0.717) is 16.9 Å². The van der Waals surface area contributed by atoms with Gasteiger partial charge in [0.15, 0.2) is 0 Å². The number of aryl methyl sites for hydroxylation is 2. The van der Waals surface area contributed by atoms with Crippen LogP contribution in [0.1, 0.15) is 5.56 Å². The van der Waals surface area contributed by atoms with E-state index < -0.39 is 10.0 Å². The Hall–Kier alpha value is -2.28. The van der Waals surface area contributed by atoms with Crippen LogP contribution in [0.2, 0.25) is 0 Å². The number of aromatic nitrogens is 1. The molecule has 0 amide bonds. The van der Waals surface area contributed by atoms with Crippen molar-refractivity contribution in [3.8, 4) is 0 Å². The molecule has 3 N–H and O–H groups in total. The van der Waals surface area contributed by atoms with Crippen LogP contribution < -0.4 is 16.0 Å². The van der Waals surface area contributed by atoms with E-state index in [1.54, 1.807) is 20.0 Å². The number of nitrogens with two attached hydrogens (primary N) is 1. The number of nitrogens with zero attached hydrogens (tertiary/aromatic N) is 1. The summed E-state index contributed by atoms with van der Waals surface area (Å²) in [5, 5.41) is 0. The normalized spacial score (nSPS) is 11.3. The minimum Gasteiger partial charge on any atom is -0.399 e. The third-order valence-corrected chi connectivity index (χ3v) is 4.37. The number of sulfonamides is 1. The molecular formula is C13H15N3O3S. The molecule has 2 aromatic rings. The van der Waals surface area contributed by atoms with Crippen molar-refractivity contribution in [3.63, 3.8) is 0 Å². The number of nitrogens with one attached hydrogen (secondary N) is 1. The molecule has 106 valence electrons. The summed E-state index contributed by atoms with van der Waals surface area (Å²) in [6.45, 7) is 1.67. The van der Waals surface area contributed by atoms with Crippen molar-refractivity contribution in [1.29, 1.82) is 0 Å². The molecular weight excluding hydrogens is 278 g/mol. The first kappa shape index (κ1) is 14.1. The Kier molecular flexibility index (Phi) is 3.54. The van der Waals surface area contributed by atoms with Crippen LogP contribution in [0.15, 0.2) is 46.2 Å². The fourth-order valence-corrected chi connectivity index (χ4v) is 3.11. The maximum Gasteiger partial charge on any atom is 0.262 e. The lowest BCUT2D eigenvalue weighted by Gasteiger charge is -2.11. The van der Waals surface area contributed by atoms with E-state index in [1.807, 2.05) is 0 Å². The van der Waals surface area contributed by atoms with Crippen molar-refractivity contribution >= 4 is 21.4 Å². The molecule has 0 bridgehead atoms. The molecule has 0 aliphatic carbocycles. The number of hydrogen-bond donors (Lipinski definition) is 2. The number of hydrogen-bond acceptors (Lipinski definition) is 4. The molecule has 0 spiro atoms. The van der Waals surface area contributed by atoms with E-state index in [1.165, 1.54) is 35.0 Å². The highest BCUT2D eigenvalue weighted by atomic mass is 32.2.